The van der Waals surface area contributed by atoms with Gasteiger partial charge in [0.05, 0.1) is 22.0 Å². The first-order chi connectivity index (χ1) is 18.9. The first kappa shape index (κ1) is 25.9. The Bertz CT molecular complexity index is 1530. The fourth-order valence-electron chi connectivity index (χ4n) is 5.10. The van der Waals surface area contributed by atoms with E-state index in [0.717, 1.165) is 34.6 Å². The van der Waals surface area contributed by atoms with Gasteiger partial charge in [0.1, 0.15) is 12.6 Å². The third-order valence-electron chi connectivity index (χ3n) is 7.08. The highest BCUT2D eigenvalue weighted by atomic mass is 16.6. The van der Waals surface area contributed by atoms with E-state index >= 15 is 0 Å². The van der Waals surface area contributed by atoms with Gasteiger partial charge in [-0.2, -0.15) is 0 Å². The molecule has 0 spiro atoms. The van der Waals surface area contributed by atoms with Crippen LogP contribution in [0.3, 0.4) is 0 Å². The summed E-state index contributed by atoms with van der Waals surface area (Å²) in [5.41, 5.74) is 4.72. The number of fused-ring (bicyclic) bond motifs is 3. The number of carbonyl (C=O) groups is 2. The van der Waals surface area contributed by atoms with Crippen LogP contribution in [0.25, 0.3) is 5.69 Å². The third-order valence-corrected chi connectivity index (χ3v) is 7.08. The number of unbranched alkanes of at least 4 members (excludes halogenated alkanes) is 1. The Labute approximate surface area is 227 Å². The molecule has 4 aromatic rings. The van der Waals surface area contributed by atoms with Crippen molar-refractivity contribution in [2.45, 2.75) is 32.7 Å². The van der Waals surface area contributed by atoms with Crippen LogP contribution in [-0.4, -0.2) is 39.3 Å². The van der Waals surface area contributed by atoms with Crippen LogP contribution in [-0.2, 0) is 4.79 Å². The molecular weight excluding hydrogens is 492 g/mol. The summed E-state index contributed by atoms with van der Waals surface area (Å²) in [5, 5.41) is 11.3. The zero-order chi connectivity index (χ0) is 27.5. The first-order valence-electron chi connectivity index (χ1n) is 13.1. The molecule has 1 aromatic heterocycles. The van der Waals surface area contributed by atoms with E-state index in [1.807, 2.05) is 80.7 Å². The van der Waals surface area contributed by atoms with Gasteiger partial charge in [0.2, 0.25) is 5.91 Å². The van der Waals surface area contributed by atoms with E-state index in [1.165, 1.54) is 23.1 Å². The van der Waals surface area contributed by atoms with Crippen LogP contribution in [0, 0.1) is 17.0 Å². The average molecular weight is 523 g/mol. The Morgan fingerprint density at radius 1 is 0.949 bits per heavy atom. The van der Waals surface area contributed by atoms with Gasteiger partial charge in [0, 0.05) is 30.4 Å². The van der Waals surface area contributed by atoms with Crippen molar-refractivity contribution >= 4 is 23.2 Å². The van der Waals surface area contributed by atoms with Crippen molar-refractivity contribution in [2.24, 2.45) is 0 Å². The van der Waals surface area contributed by atoms with Gasteiger partial charge in [-0.25, -0.2) is 0 Å². The molecule has 1 unspecified atom stereocenters. The van der Waals surface area contributed by atoms with E-state index < -0.39 is 10.8 Å². The number of non-ortho nitro benzene ring substituents is 1. The summed E-state index contributed by atoms with van der Waals surface area (Å²) in [6, 6.07) is 25.2. The second kappa shape index (κ2) is 10.9. The van der Waals surface area contributed by atoms with E-state index in [-0.39, 0.29) is 29.7 Å². The number of anilines is 1. The molecule has 2 amide bonds. The number of carbonyl (C=O) groups excluding carboxylic acids is 2. The molecule has 0 aliphatic carbocycles. The maximum absolute atomic E-state index is 14.2. The second-order valence-electron chi connectivity index (χ2n) is 9.76. The predicted octanol–water partition coefficient (Wildman–Crippen LogP) is 6.07. The standard InChI is InChI=1S/C31H30N4O4/c1-3-4-18-32(31(37)24-9-7-10-25(20-24)35(38)39)21-29(36)34-27-12-6-5-11-26(27)33-19-8-13-28(33)30(34)23-16-14-22(2)15-17-23/h5-17,19-20,30H,3-4,18,21H2,1-2H3. The lowest BCUT2D eigenvalue weighted by Gasteiger charge is -2.39. The summed E-state index contributed by atoms with van der Waals surface area (Å²) >= 11 is 0. The minimum atomic E-state index is -0.524. The van der Waals surface area contributed by atoms with E-state index in [2.05, 4.69) is 4.57 Å². The van der Waals surface area contributed by atoms with E-state index in [1.54, 1.807) is 11.0 Å². The van der Waals surface area contributed by atoms with Crippen LogP contribution < -0.4 is 4.90 Å². The Balaban J connectivity index is 1.54. The summed E-state index contributed by atoms with van der Waals surface area (Å²) < 4.78 is 2.10. The van der Waals surface area contributed by atoms with Crippen LogP contribution in [0.4, 0.5) is 11.4 Å². The highest BCUT2D eigenvalue weighted by Gasteiger charge is 2.37. The average Bonchev–Trinajstić information content (AvgIpc) is 3.45. The number of para-hydroxylation sites is 2. The Morgan fingerprint density at radius 3 is 2.41 bits per heavy atom. The molecule has 1 aliphatic heterocycles. The summed E-state index contributed by atoms with van der Waals surface area (Å²) in [6.07, 6.45) is 3.53. The first-order valence-corrected chi connectivity index (χ1v) is 13.1. The van der Waals surface area contributed by atoms with Gasteiger partial charge < -0.3 is 9.47 Å². The Morgan fingerprint density at radius 2 is 1.69 bits per heavy atom. The largest absolute Gasteiger partial charge is 0.329 e. The van der Waals surface area contributed by atoms with Crippen molar-refractivity contribution in [3.8, 4) is 5.69 Å². The van der Waals surface area contributed by atoms with E-state index in [9.17, 15) is 19.7 Å². The summed E-state index contributed by atoms with van der Waals surface area (Å²) in [6.45, 7) is 4.25. The zero-order valence-corrected chi connectivity index (χ0v) is 22.0. The highest BCUT2D eigenvalue weighted by Crippen LogP contribution is 2.42. The van der Waals surface area contributed by atoms with Crippen LogP contribution in [0.15, 0.2) is 91.1 Å². The van der Waals surface area contributed by atoms with Gasteiger partial charge in [-0.15, -0.1) is 0 Å². The number of nitro groups is 1. The van der Waals surface area contributed by atoms with Gasteiger partial charge in [-0.3, -0.25) is 24.6 Å². The van der Waals surface area contributed by atoms with Crippen molar-refractivity contribution in [3.05, 3.63) is 124 Å². The lowest BCUT2D eigenvalue weighted by Crippen LogP contribution is -2.47. The molecule has 0 saturated carbocycles. The molecule has 0 N–H and O–H groups in total. The molecule has 0 bridgehead atoms. The summed E-state index contributed by atoms with van der Waals surface area (Å²) in [4.78, 5) is 41.9. The van der Waals surface area contributed by atoms with Gasteiger partial charge in [0.15, 0.2) is 0 Å². The number of rotatable bonds is 8. The maximum Gasteiger partial charge on any atom is 0.270 e. The van der Waals surface area contributed by atoms with Gasteiger partial charge in [0.25, 0.3) is 11.6 Å². The molecule has 2 heterocycles. The lowest BCUT2D eigenvalue weighted by atomic mass is 9.97. The molecule has 0 radical (unpaired) electrons. The topological polar surface area (TPSA) is 88.7 Å². The zero-order valence-electron chi connectivity index (χ0n) is 22.0. The second-order valence-corrected chi connectivity index (χ2v) is 9.76. The predicted molar refractivity (Wildman–Crippen MR) is 150 cm³/mol. The number of amides is 2. The number of benzene rings is 3. The minimum absolute atomic E-state index is 0.154. The number of aryl methyl sites for hydroxylation is 1. The molecule has 3 aromatic carbocycles. The van der Waals surface area contributed by atoms with Crippen LogP contribution in [0.1, 0.15) is 53.0 Å². The van der Waals surface area contributed by atoms with Crippen LogP contribution >= 0.6 is 0 Å². The quantitative estimate of drug-likeness (QED) is 0.207. The Kier molecular flexibility index (Phi) is 7.27. The lowest BCUT2D eigenvalue weighted by molar-refractivity contribution is -0.384. The number of hydrogen-bond acceptors (Lipinski definition) is 4. The fourth-order valence-corrected chi connectivity index (χ4v) is 5.10. The number of nitrogens with zero attached hydrogens (tertiary/aromatic N) is 4. The number of nitro benzene ring substituents is 1. The van der Waals surface area contributed by atoms with Crippen molar-refractivity contribution in [1.29, 1.82) is 0 Å². The number of aromatic nitrogens is 1. The fraction of sp³-hybridized carbons (Fsp3) is 0.226. The summed E-state index contributed by atoms with van der Waals surface area (Å²) in [5.74, 6) is -0.628. The molecule has 5 rings (SSSR count). The third kappa shape index (κ3) is 5.05. The smallest absolute Gasteiger partial charge is 0.270 e. The van der Waals surface area contributed by atoms with Gasteiger partial charge >= 0.3 is 0 Å². The van der Waals surface area contributed by atoms with Gasteiger partial charge in [-0.1, -0.05) is 61.4 Å². The molecule has 8 nitrogen and oxygen atoms in total. The normalized spacial score (nSPS) is 13.9. The van der Waals surface area contributed by atoms with Crippen molar-refractivity contribution in [2.75, 3.05) is 18.0 Å². The Hall–Kier alpha value is -4.72. The SMILES string of the molecule is CCCCN(CC(=O)N1c2ccccc2-n2cccc2C1c1ccc(C)cc1)C(=O)c1cccc([N+](=O)[O-])c1. The van der Waals surface area contributed by atoms with E-state index in [0.29, 0.717) is 13.0 Å². The molecule has 1 atom stereocenters. The van der Waals surface area contributed by atoms with Gasteiger partial charge in [-0.05, 0) is 49.2 Å². The molecular formula is C31H30N4O4. The molecule has 0 fully saturated rings. The monoisotopic (exact) mass is 522 g/mol. The summed E-state index contributed by atoms with van der Waals surface area (Å²) in [7, 11) is 0. The van der Waals surface area contributed by atoms with Crippen LogP contribution in [0.5, 0.6) is 0 Å². The molecule has 39 heavy (non-hydrogen) atoms. The number of hydrogen-bond donors (Lipinski definition) is 0. The maximum atomic E-state index is 14.2. The van der Waals surface area contributed by atoms with Crippen molar-refractivity contribution < 1.29 is 14.5 Å². The van der Waals surface area contributed by atoms with Crippen molar-refractivity contribution in [1.82, 2.24) is 9.47 Å². The minimum Gasteiger partial charge on any atom is -0.329 e. The molecule has 0 saturated heterocycles. The molecule has 8 heteroatoms. The van der Waals surface area contributed by atoms with E-state index in [4.69, 9.17) is 0 Å². The van der Waals surface area contributed by atoms with Crippen LogP contribution in [0.2, 0.25) is 0 Å². The molecule has 198 valence electrons. The molecule has 1 aliphatic rings. The van der Waals surface area contributed by atoms with Crippen molar-refractivity contribution in [3.63, 3.8) is 0 Å². The highest BCUT2D eigenvalue weighted by molar-refractivity contribution is 6.02.